The molecule has 1 saturated heterocycles. The smallest absolute Gasteiger partial charge is 0.124 e. The van der Waals surface area contributed by atoms with E-state index in [0.717, 1.165) is 12.1 Å². The highest BCUT2D eigenvalue weighted by atomic mass is 35.5. The molecule has 4 heteroatoms. The molecule has 1 heterocycles. The average molecular weight is 274 g/mol. The lowest BCUT2D eigenvalue weighted by Gasteiger charge is -2.23. The van der Waals surface area contributed by atoms with Crippen molar-refractivity contribution < 1.29 is 4.39 Å². The largest absolute Gasteiger partial charge is 0.311 e. The van der Waals surface area contributed by atoms with Crippen LogP contribution in [0, 0.1) is 5.82 Å². The van der Waals surface area contributed by atoms with Gasteiger partial charge in [0.2, 0.25) is 0 Å². The van der Waals surface area contributed by atoms with Crippen LogP contribution in [0.2, 0.25) is 5.02 Å². The summed E-state index contributed by atoms with van der Waals surface area (Å²) in [6.45, 7) is 3.98. The Balaban J connectivity index is 1.85. The summed E-state index contributed by atoms with van der Waals surface area (Å²) in [5.74, 6) is 0.979. The highest BCUT2D eigenvalue weighted by Crippen LogP contribution is 2.37. The third-order valence-corrected chi connectivity index (χ3v) is 5.02. The van der Waals surface area contributed by atoms with Crippen LogP contribution in [0.5, 0.6) is 0 Å². The molecule has 17 heavy (non-hydrogen) atoms. The first-order chi connectivity index (χ1) is 8.09. The van der Waals surface area contributed by atoms with Gasteiger partial charge >= 0.3 is 0 Å². The molecule has 1 nitrogen and oxygen atoms in total. The second-order valence-corrected chi connectivity index (χ2v) is 6.83. The SMILES string of the molecule is CC1(CNCc2ccc(F)cc2Cl)CCCS1. The summed E-state index contributed by atoms with van der Waals surface area (Å²) in [5, 5.41) is 3.92. The molecule has 1 aromatic rings. The van der Waals surface area contributed by atoms with Crippen molar-refractivity contribution in [1.29, 1.82) is 0 Å². The quantitative estimate of drug-likeness (QED) is 0.894. The third-order valence-electron chi connectivity index (χ3n) is 3.13. The third kappa shape index (κ3) is 3.60. The zero-order valence-corrected chi connectivity index (χ0v) is 11.5. The predicted molar refractivity (Wildman–Crippen MR) is 73.2 cm³/mol. The van der Waals surface area contributed by atoms with E-state index in [1.165, 1.54) is 30.7 Å². The van der Waals surface area contributed by atoms with Gasteiger partial charge in [0.05, 0.1) is 0 Å². The molecule has 0 aliphatic carbocycles. The Morgan fingerprint density at radius 2 is 2.35 bits per heavy atom. The van der Waals surface area contributed by atoms with Crippen LogP contribution < -0.4 is 5.32 Å². The number of thioether (sulfide) groups is 1. The van der Waals surface area contributed by atoms with Crippen LogP contribution in [0.25, 0.3) is 0 Å². The molecule has 0 amide bonds. The van der Waals surface area contributed by atoms with Crippen molar-refractivity contribution in [2.75, 3.05) is 12.3 Å². The van der Waals surface area contributed by atoms with Crippen LogP contribution in [0.4, 0.5) is 4.39 Å². The molecule has 1 N–H and O–H groups in total. The van der Waals surface area contributed by atoms with Crippen molar-refractivity contribution in [3.8, 4) is 0 Å². The standard InChI is InChI=1S/C13H17ClFNS/c1-13(5-2-6-17-13)9-16-8-10-3-4-11(15)7-12(10)14/h3-4,7,16H,2,5-6,8-9H2,1H3. The van der Waals surface area contributed by atoms with Crippen molar-refractivity contribution in [2.24, 2.45) is 0 Å². The van der Waals surface area contributed by atoms with Crippen LogP contribution in [0.3, 0.4) is 0 Å². The maximum Gasteiger partial charge on any atom is 0.124 e. The monoisotopic (exact) mass is 273 g/mol. The van der Waals surface area contributed by atoms with Crippen molar-refractivity contribution in [1.82, 2.24) is 5.32 Å². The van der Waals surface area contributed by atoms with Gasteiger partial charge in [-0.1, -0.05) is 17.7 Å². The molecule has 1 fully saturated rings. The maximum absolute atomic E-state index is 12.9. The Morgan fingerprint density at radius 3 is 3.00 bits per heavy atom. The zero-order valence-electron chi connectivity index (χ0n) is 9.93. The molecule has 1 aliphatic heterocycles. The summed E-state index contributed by atoms with van der Waals surface area (Å²) in [6, 6.07) is 4.56. The molecule has 1 aliphatic rings. The summed E-state index contributed by atoms with van der Waals surface area (Å²) in [6.07, 6.45) is 2.57. The van der Waals surface area contributed by atoms with Crippen LogP contribution in [-0.4, -0.2) is 17.0 Å². The van der Waals surface area contributed by atoms with Crippen molar-refractivity contribution in [3.63, 3.8) is 0 Å². The fraction of sp³-hybridized carbons (Fsp3) is 0.538. The molecular weight excluding hydrogens is 257 g/mol. The van der Waals surface area contributed by atoms with Crippen LogP contribution in [0.15, 0.2) is 18.2 Å². The van der Waals surface area contributed by atoms with Gasteiger partial charge in [0.25, 0.3) is 0 Å². The van der Waals surface area contributed by atoms with E-state index in [9.17, 15) is 4.39 Å². The normalized spacial score (nSPS) is 24.2. The van der Waals surface area contributed by atoms with E-state index in [1.807, 2.05) is 11.8 Å². The van der Waals surface area contributed by atoms with Crippen molar-refractivity contribution in [3.05, 3.63) is 34.6 Å². The van der Waals surface area contributed by atoms with E-state index >= 15 is 0 Å². The molecule has 1 unspecified atom stereocenters. The van der Waals surface area contributed by atoms with E-state index in [-0.39, 0.29) is 5.82 Å². The Morgan fingerprint density at radius 1 is 1.53 bits per heavy atom. The van der Waals surface area contributed by atoms with Crippen LogP contribution in [-0.2, 0) is 6.54 Å². The Labute approximate surface area is 111 Å². The lowest BCUT2D eigenvalue weighted by Crippen LogP contribution is -2.32. The number of hydrogen-bond donors (Lipinski definition) is 1. The molecule has 1 aromatic carbocycles. The Kier molecular flexibility index (Phi) is 4.34. The minimum Gasteiger partial charge on any atom is -0.311 e. The molecule has 0 aromatic heterocycles. The highest BCUT2D eigenvalue weighted by molar-refractivity contribution is 8.00. The summed E-state index contributed by atoms with van der Waals surface area (Å²) in [7, 11) is 0. The molecule has 2 rings (SSSR count). The van der Waals surface area contributed by atoms with Gasteiger partial charge in [0, 0.05) is 22.9 Å². The summed E-state index contributed by atoms with van der Waals surface area (Å²) < 4.78 is 13.2. The molecule has 94 valence electrons. The number of rotatable bonds is 4. The molecule has 0 saturated carbocycles. The van der Waals surface area contributed by atoms with Crippen molar-refractivity contribution in [2.45, 2.75) is 31.1 Å². The zero-order chi connectivity index (χ0) is 12.3. The average Bonchev–Trinajstić information content (AvgIpc) is 2.69. The van der Waals surface area contributed by atoms with Gasteiger partial charge in [0.15, 0.2) is 0 Å². The predicted octanol–water partition coefficient (Wildman–Crippen LogP) is 3.85. The summed E-state index contributed by atoms with van der Waals surface area (Å²) >= 11 is 8.01. The number of hydrogen-bond acceptors (Lipinski definition) is 2. The highest BCUT2D eigenvalue weighted by Gasteiger charge is 2.28. The number of halogens is 2. The number of benzene rings is 1. The maximum atomic E-state index is 12.9. The van der Waals surface area contributed by atoms with E-state index in [0.29, 0.717) is 16.3 Å². The van der Waals surface area contributed by atoms with Gasteiger partial charge < -0.3 is 5.32 Å². The summed E-state index contributed by atoms with van der Waals surface area (Å²) in [5.41, 5.74) is 0.958. The summed E-state index contributed by atoms with van der Waals surface area (Å²) in [4.78, 5) is 0. The molecule has 0 bridgehead atoms. The van der Waals surface area contributed by atoms with Crippen LogP contribution in [0.1, 0.15) is 25.3 Å². The van der Waals surface area contributed by atoms with Crippen molar-refractivity contribution >= 4 is 23.4 Å². The van der Waals surface area contributed by atoms with E-state index < -0.39 is 0 Å². The van der Waals surface area contributed by atoms with Gasteiger partial charge in [-0.2, -0.15) is 11.8 Å². The first-order valence-corrected chi connectivity index (χ1v) is 7.24. The Bertz CT molecular complexity index is 391. The second kappa shape index (κ2) is 5.59. The molecule has 1 atom stereocenters. The van der Waals surface area contributed by atoms with E-state index in [4.69, 9.17) is 11.6 Å². The van der Waals surface area contributed by atoms with Gasteiger partial charge in [-0.25, -0.2) is 4.39 Å². The molecular formula is C13H17ClFNS. The topological polar surface area (TPSA) is 12.0 Å². The van der Waals surface area contributed by atoms with Gasteiger partial charge in [0.1, 0.15) is 5.82 Å². The van der Waals surface area contributed by atoms with Gasteiger partial charge in [-0.05, 0) is 43.2 Å². The lowest BCUT2D eigenvalue weighted by molar-refractivity contribution is 0.536. The van der Waals surface area contributed by atoms with Gasteiger partial charge in [-0.15, -0.1) is 0 Å². The fourth-order valence-electron chi connectivity index (χ4n) is 2.10. The minimum absolute atomic E-state index is 0.280. The molecule has 0 radical (unpaired) electrons. The first-order valence-electron chi connectivity index (χ1n) is 5.88. The first kappa shape index (κ1) is 13.2. The fourth-order valence-corrected chi connectivity index (χ4v) is 3.61. The van der Waals surface area contributed by atoms with Gasteiger partial charge in [-0.3, -0.25) is 0 Å². The van der Waals surface area contributed by atoms with Crippen LogP contribution >= 0.6 is 23.4 Å². The lowest BCUT2D eigenvalue weighted by atomic mass is 10.1. The minimum atomic E-state index is -0.280. The van der Waals surface area contributed by atoms with E-state index in [1.54, 1.807) is 6.07 Å². The second-order valence-electron chi connectivity index (χ2n) is 4.74. The molecule has 0 spiro atoms. The number of nitrogens with one attached hydrogen (secondary N) is 1. The Hall–Kier alpha value is -0.250. The van der Waals surface area contributed by atoms with E-state index in [2.05, 4.69) is 12.2 Å².